The fourth-order valence-corrected chi connectivity index (χ4v) is 3.25. The van der Waals surface area contributed by atoms with E-state index in [0.717, 1.165) is 0 Å². The Hall–Kier alpha value is -2.24. The summed E-state index contributed by atoms with van der Waals surface area (Å²) >= 11 is 0. The van der Waals surface area contributed by atoms with Gasteiger partial charge in [-0.25, -0.2) is 0 Å². The average molecular weight is 457 g/mol. The molecule has 5 atom stereocenters. The maximum Gasteiger partial charge on any atom is 0.245 e. The number of rotatable bonds is 14. The van der Waals surface area contributed by atoms with Gasteiger partial charge in [0.1, 0.15) is 11.6 Å². The highest BCUT2D eigenvalue weighted by molar-refractivity contribution is 5.98. The van der Waals surface area contributed by atoms with Crippen LogP contribution >= 0.6 is 0 Å². The summed E-state index contributed by atoms with van der Waals surface area (Å²) in [5.74, 6) is -1.71. The Morgan fingerprint density at radius 3 is 2.09 bits per heavy atom. The lowest BCUT2D eigenvalue weighted by atomic mass is 9.88. The van der Waals surface area contributed by atoms with Gasteiger partial charge in [-0.3, -0.25) is 19.4 Å². The Bertz CT molecular complexity index is 688. The van der Waals surface area contributed by atoms with Crippen LogP contribution in [-0.2, 0) is 19.1 Å². The molecule has 1 aliphatic rings. The van der Waals surface area contributed by atoms with Gasteiger partial charge in [0.05, 0.1) is 25.3 Å². The molecule has 11 heteroatoms. The number of carbonyl (C=O) groups excluding carboxylic acids is 3. The Balaban J connectivity index is 2.91. The fourth-order valence-electron chi connectivity index (χ4n) is 3.25. The van der Waals surface area contributed by atoms with Gasteiger partial charge < -0.3 is 37.3 Å². The first-order chi connectivity index (χ1) is 14.8. The van der Waals surface area contributed by atoms with E-state index in [0.29, 0.717) is 6.42 Å². The number of nitrogens with two attached hydrogens (primary N) is 2. The number of ether oxygens (including phenoxy) is 1. The minimum Gasteiger partial charge on any atom is -0.394 e. The van der Waals surface area contributed by atoms with E-state index in [9.17, 15) is 19.5 Å². The molecular weight excluding hydrogens is 416 g/mol. The Labute approximate surface area is 190 Å². The lowest BCUT2D eigenvalue weighted by Crippen LogP contribution is -2.59. The molecule has 0 saturated carbocycles. The van der Waals surface area contributed by atoms with E-state index in [1.165, 1.54) is 0 Å². The number of carbonyl (C=O) groups is 3. The Kier molecular flexibility index (Phi) is 10.5. The lowest BCUT2D eigenvalue weighted by Gasteiger charge is -2.29. The van der Waals surface area contributed by atoms with E-state index in [2.05, 4.69) is 20.9 Å². The number of aliphatic hydroxyl groups excluding tert-OH is 1. The fraction of sp³-hybridized carbons (Fsp3) is 0.810. The van der Waals surface area contributed by atoms with Crippen molar-refractivity contribution in [3.63, 3.8) is 0 Å². The minimum atomic E-state index is -1.20. The predicted octanol–water partition coefficient (Wildman–Crippen LogP) is -1.37. The second-order valence-corrected chi connectivity index (χ2v) is 9.23. The van der Waals surface area contributed by atoms with Crippen LogP contribution in [0.5, 0.6) is 0 Å². The number of nitrogens with zero attached hydrogens (tertiary/aromatic N) is 1. The number of ketones is 1. The van der Waals surface area contributed by atoms with Gasteiger partial charge in [0, 0.05) is 12.6 Å². The third kappa shape index (κ3) is 8.36. The first-order valence-corrected chi connectivity index (χ1v) is 11.0. The van der Waals surface area contributed by atoms with Crippen LogP contribution in [0.4, 0.5) is 0 Å². The molecule has 0 bridgehead atoms. The molecule has 0 aromatic rings. The van der Waals surface area contributed by atoms with Crippen molar-refractivity contribution in [2.24, 2.45) is 28.3 Å². The van der Waals surface area contributed by atoms with Gasteiger partial charge in [-0.15, -0.1) is 0 Å². The van der Waals surface area contributed by atoms with Crippen LogP contribution in [0.1, 0.15) is 48.0 Å². The first kappa shape index (κ1) is 27.8. The van der Waals surface area contributed by atoms with Crippen molar-refractivity contribution < 1.29 is 24.2 Å². The largest absolute Gasteiger partial charge is 0.394 e. The van der Waals surface area contributed by atoms with Crippen molar-refractivity contribution in [2.45, 2.75) is 77.7 Å². The van der Waals surface area contributed by atoms with Crippen LogP contribution < -0.4 is 27.4 Å². The monoisotopic (exact) mass is 456 g/mol. The zero-order chi connectivity index (χ0) is 24.6. The van der Waals surface area contributed by atoms with Gasteiger partial charge in [-0.1, -0.05) is 34.6 Å². The molecule has 2 amide bonds. The molecule has 1 fully saturated rings. The molecular formula is C21H40N6O5. The highest BCUT2D eigenvalue weighted by atomic mass is 16.6. The molecule has 1 rings (SSSR count). The Morgan fingerprint density at radius 1 is 1.06 bits per heavy atom. The number of nitrogens with one attached hydrogen (secondary N) is 3. The van der Waals surface area contributed by atoms with Crippen LogP contribution in [0.2, 0.25) is 0 Å². The van der Waals surface area contributed by atoms with Crippen LogP contribution in [-0.4, -0.2) is 78.2 Å². The molecule has 0 radical (unpaired) electrons. The number of epoxide rings is 1. The summed E-state index contributed by atoms with van der Waals surface area (Å²) in [5, 5.41) is 18.2. The van der Waals surface area contributed by atoms with Gasteiger partial charge in [0.15, 0.2) is 11.7 Å². The third-order valence-corrected chi connectivity index (χ3v) is 5.40. The summed E-state index contributed by atoms with van der Waals surface area (Å²) < 4.78 is 5.26. The summed E-state index contributed by atoms with van der Waals surface area (Å²) in [6.07, 6.45) is 0.439. The molecule has 8 N–H and O–H groups in total. The van der Waals surface area contributed by atoms with Crippen LogP contribution in [0.3, 0.4) is 0 Å². The minimum absolute atomic E-state index is 0.0309. The van der Waals surface area contributed by atoms with Crippen molar-refractivity contribution in [2.75, 3.05) is 19.8 Å². The zero-order valence-electron chi connectivity index (χ0n) is 20.0. The van der Waals surface area contributed by atoms with Crippen molar-refractivity contribution in [3.05, 3.63) is 0 Å². The van der Waals surface area contributed by atoms with Gasteiger partial charge in [-0.2, -0.15) is 0 Å². The molecule has 0 aromatic heterocycles. The number of Topliss-reactive ketones (excluding diaryl/α,β-unsaturated/α-hetero) is 1. The summed E-state index contributed by atoms with van der Waals surface area (Å²) in [6, 6.07) is -2.57. The third-order valence-electron chi connectivity index (χ3n) is 5.40. The molecule has 0 spiro atoms. The van der Waals surface area contributed by atoms with E-state index in [4.69, 9.17) is 16.2 Å². The standard InChI is InChI=1S/C21H40N6O5/c1-11(2)15(25-12(3)4)19(31)26-14(9-28)18(30)27-16(17(29)21(6)10-32-21)13(5)7-8-24-20(22)23/h11-16,25,28H,7-10H2,1-6H3,(H,26,31)(H,27,30)(H4,22,23,24)/t13-,14-,15-,16-,21+/m0/s1. The van der Waals surface area contributed by atoms with Gasteiger partial charge in [-0.05, 0) is 25.2 Å². The molecule has 184 valence electrons. The number of amides is 2. The van der Waals surface area contributed by atoms with E-state index in [-0.39, 0.29) is 42.8 Å². The maximum absolute atomic E-state index is 13.0. The van der Waals surface area contributed by atoms with E-state index in [1.807, 2.05) is 27.7 Å². The summed E-state index contributed by atoms with van der Waals surface area (Å²) in [5.41, 5.74) is 9.75. The summed E-state index contributed by atoms with van der Waals surface area (Å²) in [6.45, 7) is 11.0. The number of aliphatic hydroxyl groups is 1. The molecule has 1 saturated heterocycles. The summed E-state index contributed by atoms with van der Waals surface area (Å²) in [7, 11) is 0. The van der Waals surface area contributed by atoms with Gasteiger partial charge in [0.2, 0.25) is 11.8 Å². The Morgan fingerprint density at radius 2 is 1.66 bits per heavy atom. The topological polar surface area (TPSA) is 184 Å². The van der Waals surface area contributed by atoms with Crippen molar-refractivity contribution in [1.29, 1.82) is 0 Å². The number of aliphatic imine (C=N–C) groups is 1. The highest BCUT2D eigenvalue weighted by Gasteiger charge is 2.51. The molecule has 0 unspecified atom stereocenters. The van der Waals surface area contributed by atoms with E-state index < -0.39 is 42.1 Å². The second kappa shape index (κ2) is 12.1. The molecule has 11 nitrogen and oxygen atoms in total. The maximum atomic E-state index is 13.0. The van der Waals surface area contributed by atoms with Crippen molar-refractivity contribution in [1.82, 2.24) is 16.0 Å². The van der Waals surface area contributed by atoms with Crippen LogP contribution in [0.15, 0.2) is 4.99 Å². The SMILES string of the molecule is CC(C)N[C@H](C(=O)N[C@@H](CO)C(=O)N[C@H](C(=O)[C@@]1(C)CO1)[C@@H](C)CCN=C(N)N)C(C)C. The quantitative estimate of drug-likeness (QED) is 0.105. The average Bonchev–Trinajstić information content (AvgIpc) is 3.45. The number of hydrogen-bond donors (Lipinski definition) is 6. The van der Waals surface area contributed by atoms with Crippen molar-refractivity contribution >= 4 is 23.6 Å². The normalized spacial score (nSPS) is 21.4. The summed E-state index contributed by atoms with van der Waals surface area (Å²) in [4.78, 5) is 42.5. The molecule has 0 aliphatic carbocycles. The van der Waals surface area contributed by atoms with Gasteiger partial charge >= 0.3 is 0 Å². The van der Waals surface area contributed by atoms with E-state index >= 15 is 0 Å². The second-order valence-electron chi connectivity index (χ2n) is 9.23. The number of hydrogen-bond acceptors (Lipinski definition) is 7. The van der Waals surface area contributed by atoms with Crippen LogP contribution in [0.25, 0.3) is 0 Å². The van der Waals surface area contributed by atoms with Gasteiger partial charge in [0.25, 0.3) is 0 Å². The molecule has 32 heavy (non-hydrogen) atoms. The van der Waals surface area contributed by atoms with Crippen LogP contribution in [0, 0.1) is 11.8 Å². The highest BCUT2D eigenvalue weighted by Crippen LogP contribution is 2.30. The van der Waals surface area contributed by atoms with Crippen molar-refractivity contribution in [3.8, 4) is 0 Å². The molecule has 1 aliphatic heterocycles. The number of guanidine groups is 1. The smallest absolute Gasteiger partial charge is 0.245 e. The molecule has 1 heterocycles. The van der Waals surface area contributed by atoms with E-state index in [1.54, 1.807) is 13.8 Å². The zero-order valence-corrected chi connectivity index (χ0v) is 20.0. The first-order valence-electron chi connectivity index (χ1n) is 11.0. The predicted molar refractivity (Wildman–Crippen MR) is 122 cm³/mol. The molecule has 0 aromatic carbocycles. The lowest BCUT2D eigenvalue weighted by molar-refractivity contribution is -0.135.